The Hall–Kier alpha value is -1.81. The van der Waals surface area contributed by atoms with E-state index in [4.69, 9.17) is 0 Å². The molecule has 0 unspecified atom stereocenters. The molecule has 1 aromatic carbocycles. The summed E-state index contributed by atoms with van der Waals surface area (Å²) in [6.07, 6.45) is 5.30. The summed E-state index contributed by atoms with van der Waals surface area (Å²) in [4.78, 5) is 16.4. The number of carbonyl (C=O) groups is 1. The SMILES string of the molecule is CCN1CCC(c2c[nH]c3ccc(NC=O)cc23)CC1. The van der Waals surface area contributed by atoms with Crippen LogP contribution in [0.15, 0.2) is 24.4 Å². The Morgan fingerprint density at radius 2 is 2.20 bits per heavy atom. The number of hydrogen-bond acceptors (Lipinski definition) is 2. The summed E-state index contributed by atoms with van der Waals surface area (Å²) >= 11 is 0. The Morgan fingerprint density at radius 3 is 2.90 bits per heavy atom. The maximum Gasteiger partial charge on any atom is 0.211 e. The first-order valence-electron chi connectivity index (χ1n) is 7.35. The number of H-pyrrole nitrogens is 1. The molecule has 3 rings (SSSR count). The third-order valence-corrected chi connectivity index (χ3v) is 4.41. The molecule has 4 nitrogen and oxygen atoms in total. The van der Waals surface area contributed by atoms with Crippen LogP contribution in [0.25, 0.3) is 10.9 Å². The lowest BCUT2D eigenvalue weighted by Gasteiger charge is -2.30. The number of aromatic amines is 1. The van der Waals surface area contributed by atoms with Crippen molar-refractivity contribution in [3.63, 3.8) is 0 Å². The van der Waals surface area contributed by atoms with Gasteiger partial charge in [0.25, 0.3) is 0 Å². The van der Waals surface area contributed by atoms with Crippen molar-refractivity contribution in [2.24, 2.45) is 0 Å². The summed E-state index contributed by atoms with van der Waals surface area (Å²) in [5, 5.41) is 3.98. The number of piperidine rings is 1. The highest BCUT2D eigenvalue weighted by Gasteiger charge is 2.21. The van der Waals surface area contributed by atoms with Gasteiger partial charge in [-0.15, -0.1) is 0 Å². The lowest BCUT2D eigenvalue weighted by molar-refractivity contribution is -0.105. The average Bonchev–Trinajstić information content (AvgIpc) is 2.91. The normalized spacial score (nSPS) is 17.4. The van der Waals surface area contributed by atoms with Gasteiger partial charge >= 0.3 is 0 Å². The fourth-order valence-corrected chi connectivity index (χ4v) is 3.20. The van der Waals surface area contributed by atoms with Crippen molar-refractivity contribution in [3.8, 4) is 0 Å². The van der Waals surface area contributed by atoms with Crippen LogP contribution in [0.2, 0.25) is 0 Å². The second-order valence-electron chi connectivity index (χ2n) is 5.48. The lowest BCUT2D eigenvalue weighted by atomic mass is 9.89. The van der Waals surface area contributed by atoms with Crippen molar-refractivity contribution in [3.05, 3.63) is 30.0 Å². The van der Waals surface area contributed by atoms with Crippen LogP contribution in [0.3, 0.4) is 0 Å². The molecule has 1 fully saturated rings. The van der Waals surface area contributed by atoms with Crippen LogP contribution >= 0.6 is 0 Å². The number of rotatable bonds is 4. The Morgan fingerprint density at radius 1 is 1.40 bits per heavy atom. The van der Waals surface area contributed by atoms with Gasteiger partial charge in [-0.3, -0.25) is 4.79 Å². The van der Waals surface area contributed by atoms with Gasteiger partial charge < -0.3 is 15.2 Å². The van der Waals surface area contributed by atoms with Gasteiger partial charge in [0.2, 0.25) is 6.41 Å². The van der Waals surface area contributed by atoms with Gasteiger partial charge in [0.1, 0.15) is 0 Å². The molecule has 1 aliphatic rings. The molecule has 2 aromatic rings. The second-order valence-corrected chi connectivity index (χ2v) is 5.48. The standard InChI is InChI=1S/C16H21N3O/c1-2-19-7-5-12(6-8-19)15-10-17-16-4-3-13(18-11-20)9-14(15)16/h3-4,9-12,17H,2,5-8H2,1H3,(H,18,20). The van der Waals surface area contributed by atoms with Crippen LogP contribution in [0.4, 0.5) is 5.69 Å². The van der Waals surface area contributed by atoms with Crippen LogP contribution in [-0.2, 0) is 4.79 Å². The van der Waals surface area contributed by atoms with Gasteiger partial charge in [0.05, 0.1) is 0 Å². The monoisotopic (exact) mass is 271 g/mol. The first kappa shape index (κ1) is 13.2. The molecule has 0 spiro atoms. The zero-order valence-electron chi connectivity index (χ0n) is 11.9. The topological polar surface area (TPSA) is 48.1 Å². The van der Waals surface area contributed by atoms with Crippen molar-refractivity contribution in [2.45, 2.75) is 25.7 Å². The molecule has 2 N–H and O–H groups in total. The molecule has 1 amide bonds. The summed E-state index contributed by atoms with van der Waals surface area (Å²) in [5.41, 5.74) is 3.40. The Balaban J connectivity index is 1.87. The fourth-order valence-electron chi connectivity index (χ4n) is 3.20. The molecule has 1 aromatic heterocycles. The maximum atomic E-state index is 10.6. The Bertz CT molecular complexity index is 597. The van der Waals surface area contributed by atoms with Gasteiger partial charge in [0.15, 0.2) is 0 Å². The third kappa shape index (κ3) is 2.43. The number of nitrogens with one attached hydrogen (secondary N) is 2. The van der Waals surface area contributed by atoms with Gasteiger partial charge in [-0.05, 0) is 62.2 Å². The van der Waals surface area contributed by atoms with Crippen molar-refractivity contribution >= 4 is 23.0 Å². The van der Waals surface area contributed by atoms with Crippen LogP contribution in [0.1, 0.15) is 31.2 Å². The summed E-state index contributed by atoms with van der Waals surface area (Å²) in [7, 11) is 0. The number of carbonyl (C=O) groups excluding carboxylic acids is 1. The molecule has 20 heavy (non-hydrogen) atoms. The van der Waals surface area contributed by atoms with E-state index in [-0.39, 0.29) is 0 Å². The second kappa shape index (κ2) is 5.67. The molecule has 106 valence electrons. The van der Waals surface area contributed by atoms with E-state index in [1.807, 2.05) is 12.1 Å². The minimum atomic E-state index is 0.623. The number of likely N-dealkylation sites (tertiary alicyclic amines) is 1. The summed E-state index contributed by atoms with van der Waals surface area (Å²) in [5.74, 6) is 0.623. The number of aromatic nitrogens is 1. The quantitative estimate of drug-likeness (QED) is 0.840. The molecule has 0 atom stereocenters. The molecule has 0 bridgehead atoms. The zero-order valence-corrected chi connectivity index (χ0v) is 11.9. The van der Waals surface area contributed by atoms with Crippen molar-refractivity contribution in [1.82, 2.24) is 9.88 Å². The number of amides is 1. The number of fused-ring (bicyclic) bond motifs is 1. The molecule has 1 aliphatic heterocycles. The first-order valence-corrected chi connectivity index (χ1v) is 7.35. The highest BCUT2D eigenvalue weighted by molar-refractivity contribution is 5.89. The van der Waals surface area contributed by atoms with E-state index in [1.54, 1.807) is 0 Å². The maximum absolute atomic E-state index is 10.6. The van der Waals surface area contributed by atoms with E-state index in [0.717, 1.165) is 24.2 Å². The molecule has 2 heterocycles. The number of nitrogens with zero attached hydrogens (tertiary/aromatic N) is 1. The van der Waals surface area contributed by atoms with Crippen molar-refractivity contribution in [2.75, 3.05) is 25.0 Å². The smallest absolute Gasteiger partial charge is 0.211 e. The Kier molecular flexibility index (Phi) is 3.74. The fraction of sp³-hybridized carbons (Fsp3) is 0.438. The Labute approximate surface area is 119 Å². The number of benzene rings is 1. The van der Waals surface area contributed by atoms with Gasteiger partial charge in [-0.1, -0.05) is 6.92 Å². The minimum Gasteiger partial charge on any atom is -0.361 e. The molecule has 1 saturated heterocycles. The summed E-state index contributed by atoms with van der Waals surface area (Å²) in [6.45, 7) is 5.73. The van der Waals surface area contributed by atoms with E-state index in [9.17, 15) is 4.79 Å². The van der Waals surface area contributed by atoms with Crippen LogP contribution in [-0.4, -0.2) is 35.9 Å². The minimum absolute atomic E-state index is 0.623. The molecule has 0 aliphatic carbocycles. The highest BCUT2D eigenvalue weighted by Crippen LogP contribution is 2.34. The largest absolute Gasteiger partial charge is 0.361 e. The highest BCUT2D eigenvalue weighted by atomic mass is 16.1. The van der Waals surface area contributed by atoms with Gasteiger partial charge in [0, 0.05) is 22.8 Å². The summed E-state index contributed by atoms with van der Waals surface area (Å²) < 4.78 is 0. The van der Waals surface area contributed by atoms with Crippen molar-refractivity contribution in [1.29, 1.82) is 0 Å². The predicted molar refractivity (Wildman–Crippen MR) is 82.1 cm³/mol. The van der Waals surface area contributed by atoms with E-state index >= 15 is 0 Å². The predicted octanol–water partition coefficient (Wildman–Crippen LogP) is 2.94. The van der Waals surface area contributed by atoms with E-state index in [2.05, 4.69) is 34.4 Å². The van der Waals surface area contributed by atoms with Crippen LogP contribution in [0.5, 0.6) is 0 Å². The first-order chi connectivity index (χ1) is 9.81. The average molecular weight is 271 g/mol. The summed E-state index contributed by atoms with van der Waals surface area (Å²) in [6, 6.07) is 6.03. The third-order valence-electron chi connectivity index (χ3n) is 4.41. The van der Waals surface area contributed by atoms with E-state index in [0.29, 0.717) is 5.92 Å². The molecular weight excluding hydrogens is 250 g/mol. The van der Waals surface area contributed by atoms with Gasteiger partial charge in [-0.2, -0.15) is 0 Å². The molecule has 0 saturated carbocycles. The van der Waals surface area contributed by atoms with Gasteiger partial charge in [-0.25, -0.2) is 0 Å². The van der Waals surface area contributed by atoms with E-state index in [1.165, 1.54) is 36.9 Å². The van der Waals surface area contributed by atoms with Crippen LogP contribution in [0, 0.1) is 0 Å². The van der Waals surface area contributed by atoms with Crippen LogP contribution < -0.4 is 5.32 Å². The number of hydrogen-bond donors (Lipinski definition) is 2. The van der Waals surface area contributed by atoms with E-state index < -0.39 is 0 Å². The lowest BCUT2D eigenvalue weighted by Crippen LogP contribution is -2.32. The molecule has 4 heteroatoms. The number of anilines is 1. The van der Waals surface area contributed by atoms with Crippen molar-refractivity contribution < 1.29 is 4.79 Å². The zero-order chi connectivity index (χ0) is 13.9. The molecule has 0 radical (unpaired) electrons. The molecular formula is C16H21N3O.